The van der Waals surface area contributed by atoms with Gasteiger partial charge in [0.1, 0.15) is 6.04 Å². The predicted molar refractivity (Wildman–Crippen MR) is 138 cm³/mol. The summed E-state index contributed by atoms with van der Waals surface area (Å²) >= 11 is 0. The van der Waals surface area contributed by atoms with Crippen molar-refractivity contribution in [3.8, 4) is 0 Å². The lowest BCUT2D eigenvalue weighted by atomic mass is 9.93. The molecule has 1 atom stereocenters. The molecule has 1 aliphatic carbocycles. The first-order valence-corrected chi connectivity index (χ1v) is 12.9. The molecule has 1 saturated carbocycles. The number of aromatic nitrogens is 5. The van der Waals surface area contributed by atoms with E-state index in [1.54, 1.807) is 0 Å². The fraction of sp³-hybridized carbons (Fsp3) is 0.429. The Kier molecular flexibility index (Phi) is 5.63. The van der Waals surface area contributed by atoms with Crippen LogP contribution in [-0.2, 0) is 6.42 Å². The highest BCUT2D eigenvalue weighted by molar-refractivity contribution is 5.83. The van der Waals surface area contributed by atoms with Crippen LogP contribution in [0.3, 0.4) is 0 Å². The van der Waals surface area contributed by atoms with E-state index in [0.717, 1.165) is 54.5 Å². The zero-order valence-corrected chi connectivity index (χ0v) is 20.5. The van der Waals surface area contributed by atoms with Crippen molar-refractivity contribution in [1.82, 2.24) is 25.2 Å². The van der Waals surface area contributed by atoms with Gasteiger partial charge in [-0.1, -0.05) is 49.1 Å². The molecule has 7 nitrogen and oxygen atoms in total. The number of nitrogens with zero attached hydrogens (tertiary/aromatic N) is 5. The van der Waals surface area contributed by atoms with Crippen molar-refractivity contribution in [3.63, 3.8) is 0 Å². The van der Waals surface area contributed by atoms with Crippen LogP contribution in [-0.4, -0.2) is 31.7 Å². The molecule has 0 amide bonds. The van der Waals surface area contributed by atoms with Gasteiger partial charge < -0.3 is 9.88 Å². The highest BCUT2D eigenvalue weighted by Crippen LogP contribution is 2.38. The lowest BCUT2D eigenvalue weighted by Crippen LogP contribution is -2.39. The zero-order valence-electron chi connectivity index (χ0n) is 20.5. The highest BCUT2D eigenvalue weighted by Gasteiger charge is 2.34. The number of anilines is 1. The number of fused-ring (bicyclic) bond motifs is 2. The van der Waals surface area contributed by atoms with Crippen molar-refractivity contribution in [2.24, 2.45) is 0 Å². The van der Waals surface area contributed by atoms with E-state index in [-0.39, 0.29) is 17.6 Å². The van der Waals surface area contributed by atoms with Crippen molar-refractivity contribution < 1.29 is 0 Å². The van der Waals surface area contributed by atoms with Crippen LogP contribution in [0.25, 0.3) is 10.9 Å². The molecule has 0 radical (unpaired) electrons. The van der Waals surface area contributed by atoms with E-state index in [1.807, 2.05) is 11.6 Å². The van der Waals surface area contributed by atoms with E-state index in [9.17, 15) is 4.79 Å². The van der Waals surface area contributed by atoms with Gasteiger partial charge in [-0.25, -0.2) is 4.68 Å². The summed E-state index contributed by atoms with van der Waals surface area (Å²) in [6, 6.07) is 14.8. The number of rotatable bonds is 4. The Bertz CT molecular complexity index is 1430. The van der Waals surface area contributed by atoms with Crippen LogP contribution < -0.4 is 10.5 Å². The van der Waals surface area contributed by atoms with E-state index in [0.29, 0.717) is 5.56 Å². The molecule has 3 heterocycles. The van der Waals surface area contributed by atoms with Crippen LogP contribution in [0.4, 0.5) is 5.69 Å². The van der Waals surface area contributed by atoms with Crippen LogP contribution in [0.2, 0.25) is 0 Å². The van der Waals surface area contributed by atoms with Crippen LogP contribution in [0.5, 0.6) is 0 Å². The van der Waals surface area contributed by atoms with E-state index in [4.69, 9.17) is 0 Å². The molecule has 0 saturated heterocycles. The summed E-state index contributed by atoms with van der Waals surface area (Å²) in [6.07, 6.45) is 7.87. The quantitative estimate of drug-likeness (QED) is 0.446. The Morgan fingerprint density at radius 1 is 1.03 bits per heavy atom. The molecule has 2 aliphatic rings. The lowest BCUT2D eigenvalue weighted by Gasteiger charge is -2.38. The first-order valence-electron chi connectivity index (χ1n) is 12.9. The monoisotopic (exact) mass is 468 g/mol. The van der Waals surface area contributed by atoms with Gasteiger partial charge in [-0.15, -0.1) is 5.10 Å². The topological polar surface area (TPSA) is 79.7 Å². The number of hydrogen-bond donors (Lipinski definition) is 1. The minimum Gasteiger partial charge on any atom is -0.357 e. The molecule has 1 unspecified atom stereocenters. The highest BCUT2D eigenvalue weighted by atomic mass is 16.1. The second kappa shape index (κ2) is 8.95. The number of benzene rings is 2. The average molecular weight is 469 g/mol. The molecule has 2 aromatic carbocycles. The number of H-pyrrole nitrogens is 1. The Hall–Kier alpha value is -3.48. The van der Waals surface area contributed by atoms with Gasteiger partial charge in [-0.2, -0.15) is 0 Å². The van der Waals surface area contributed by atoms with Gasteiger partial charge in [-0.3, -0.25) is 4.79 Å². The van der Waals surface area contributed by atoms with Gasteiger partial charge in [-0.05, 0) is 84.7 Å². The molecule has 180 valence electrons. The molecule has 4 aromatic rings. The van der Waals surface area contributed by atoms with Gasteiger partial charge >= 0.3 is 0 Å². The fourth-order valence-electron chi connectivity index (χ4n) is 6.15. The second-order valence-corrected chi connectivity index (χ2v) is 10.2. The van der Waals surface area contributed by atoms with Gasteiger partial charge in [0.2, 0.25) is 0 Å². The molecule has 6 rings (SSSR count). The van der Waals surface area contributed by atoms with Crippen molar-refractivity contribution in [2.45, 2.75) is 70.9 Å². The van der Waals surface area contributed by atoms with Gasteiger partial charge in [0.25, 0.3) is 5.56 Å². The van der Waals surface area contributed by atoms with E-state index < -0.39 is 0 Å². The summed E-state index contributed by atoms with van der Waals surface area (Å²) in [4.78, 5) is 19.2. The third-order valence-corrected chi connectivity index (χ3v) is 7.76. The number of tetrazole rings is 1. The van der Waals surface area contributed by atoms with E-state index >= 15 is 0 Å². The maximum atomic E-state index is 13.7. The van der Waals surface area contributed by atoms with Crippen LogP contribution in [0.15, 0.2) is 47.3 Å². The van der Waals surface area contributed by atoms with Gasteiger partial charge in [0.05, 0.1) is 11.6 Å². The minimum absolute atomic E-state index is 0.0734. The van der Waals surface area contributed by atoms with Crippen LogP contribution in [0.1, 0.15) is 78.7 Å². The Morgan fingerprint density at radius 3 is 2.71 bits per heavy atom. The van der Waals surface area contributed by atoms with Crippen LogP contribution >= 0.6 is 0 Å². The van der Waals surface area contributed by atoms with Crippen molar-refractivity contribution in [2.75, 3.05) is 11.4 Å². The van der Waals surface area contributed by atoms with Crippen molar-refractivity contribution in [1.29, 1.82) is 0 Å². The summed E-state index contributed by atoms with van der Waals surface area (Å²) in [6.45, 7) is 5.00. The second-order valence-electron chi connectivity index (χ2n) is 10.2. The molecular formula is C28H32N6O. The first kappa shape index (κ1) is 22.0. The smallest absolute Gasteiger partial charge is 0.254 e. The summed E-state index contributed by atoms with van der Waals surface area (Å²) in [5, 5.41) is 14.2. The normalized spacial score (nSPS) is 17.5. The predicted octanol–water partition coefficient (Wildman–Crippen LogP) is 5.18. The molecule has 7 heteroatoms. The number of para-hydroxylation sites is 1. The van der Waals surface area contributed by atoms with Gasteiger partial charge in [0, 0.05) is 17.8 Å². The fourth-order valence-corrected chi connectivity index (χ4v) is 6.15. The Labute approximate surface area is 205 Å². The summed E-state index contributed by atoms with van der Waals surface area (Å²) < 4.78 is 2.02. The molecule has 1 N–H and O–H groups in total. The lowest BCUT2D eigenvalue weighted by molar-refractivity contribution is 0.313. The maximum absolute atomic E-state index is 13.7. The number of nitrogens with one attached hydrogen (secondary N) is 1. The summed E-state index contributed by atoms with van der Waals surface area (Å²) in [7, 11) is 0. The molecule has 35 heavy (non-hydrogen) atoms. The number of hydrogen-bond acceptors (Lipinski definition) is 5. The summed E-state index contributed by atoms with van der Waals surface area (Å²) in [5.74, 6) is 0.767. The average Bonchev–Trinajstić information content (AvgIpc) is 3.35. The van der Waals surface area contributed by atoms with E-state index in [1.165, 1.54) is 36.1 Å². The SMILES string of the molecule is Cc1cc(C)c2[nH]c(=O)c(C(c3nnnn3C3CCCCC3)N3CCCc4ccccc43)cc2c1. The number of aryl methyl sites for hydroxylation is 3. The van der Waals surface area contributed by atoms with Crippen molar-refractivity contribution >= 4 is 16.6 Å². The largest absolute Gasteiger partial charge is 0.357 e. The van der Waals surface area contributed by atoms with E-state index in [2.05, 4.69) is 74.8 Å². The molecule has 0 bridgehead atoms. The molecule has 0 spiro atoms. The zero-order chi connectivity index (χ0) is 23.9. The third kappa shape index (κ3) is 3.93. The number of pyridine rings is 1. The third-order valence-electron chi connectivity index (χ3n) is 7.76. The Morgan fingerprint density at radius 2 is 1.86 bits per heavy atom. The molecular weight excluding hydrogens is 436 g/mol. The molecule has 2 aromatic heterocycles. The maximum Gasteiger partial charge on any atom is 0.254 e. The van der Waals surface area contributed by atoms with Gasteiger partial charge in [0.15, 0.2) is 5.82 Å². The minimum atomic E-state index is -0.359. The number of aromatic amines is 1. The Balaban J connectivity index is 1.57. The molecule has 1 fully saturated rings. The first-order chi connectivity index (χ1) is 17.1. The standard InChI is InChI=1S/C28H32N6O/c1-18-15-19(2)25-21(16-18)17-23(28(35)29-25)26(33-14-8-10-20-9-6-7-13-24(20)33)27-30-31-32-34(27)22-11-4-3-5-12-22/h6-7,9,13,15-17,22,26H,3-5,8,10-12,14H2,1-2H3,(H,29,35). The molecule has 1 aliphatic heterocycles. The summed E-state index contributed by atoms with van der Waals surface area (Å²) in [5.41, 5.74) is 6.26. The van der Waals surface area contributed by atoms with Crippen LogP contribution in [0, 0.1) is 13.8 Å². The van der Waals surface area contributed by atoms with Crippen molar-refractivity contribution in [3.05, 3.63) is 80.9 Å².